The van der Waals surface area contributed by atoms with E-state index in [1.807, 2.05) is 0 Å². The Hall–Kier alpha value is -2.43. The van der Waals surface area contributed by atoms with Crippen molar-refractivity contribution in [3.05, 3.63) is 73.7 Å². The van der Waals surface area contributed by atoms with Gasteiger partial charge in [-0.2, -0.15) is 26.3 Å². The summed E-state index contributed by atoms with van der Waals surface area (Å²) in [5.74, 6) is -3.88. The van der Waals surface area contributed by atoms with Crippen molar-refractivity contribution in [3.8, 4) is 0 Å². The Bertz CT molecular complexity index is 1220. The van der Waals surface area contributed by atoms with Gasteiger partial charge < -0.3 is 10.6 Å². The number of allylic oxidation sites excluding steroid dienone is 1. The fourth-order valence-electron chi connectivity index (χ4n) is 3.62. The smallest absolute Gasteiger partial charge is 0.354 e. The number of amides is 2. The van der Waals surface area contributed by atoms with Gasteiger partial charge in [0.2, 0.25) is 5.91 Å². The molecule has 0 aromatic heterocycles. The van der Waals surface area contributed by atoms with E-state index >= 15 is 0 Å². The number of rotatable bonds is 7. The van der Waals surface area contributed by atoms with Crippen molar-refractivity contribution in [2.24, 2.45) is 0 Å². The molecule has 0 heterocycles. The molecule has 0 spiro atoms. The van der Waals surface area contributed by atoms with Gasteiger partial charge in [0.15, 0.2) is 0 Å². The Morgan fingerprint density at radius 2 is 1.62 bits per heavy atom. The monoisotopic (exact) mass is 586 g/mol. The summed E-state index contributed by atoms with van der Waals surface area (Å²) in [6.07, 6.45) is -7.79. The van der Waals surface area contributed by atoms with Gasteiger partial charge in [-0.3, -0.25) is 9.59 Å². The highest BCUT2D eigenvalue weighted by Crippen LogP contribution is 2.42. The second kappa shape index (κ2) is 10.7. The first kappa shape index (κ1) is 29.1. The maximum absolute atomic E-state index is 13.8. The van der Waals surface area contributed by atoms with E-state index in [0.717, 1.165) is 30.3 Å². The third kappa shape index (κ3) is 6.72. The Labute approximate surface area is 222 Å². The molecule has 2 N–H and O–H groups in total. The molecule has 1 aliphatic rings. The number of nitrogens with one attached hydrogen (secondary N) is 2. The largest absolute Gasteiger partial charge is 0.417 e. The summed E-state index contributed by atoms with van der Waals surface area (Å²) in [7, 11) is 0. The van der Waals surface area contributed by atoms with Gasteiger partial charge in [-0.25, -0.2) is 0 Å². The maximum atomic E-state index is 13.8. The summed E-state index contributed by atoms with van der Waals surface area (Å²) >= 11 is 17.5. The molecule has 4 nitrogen and oxygen atoms in total. The van der Waals surface area contributed by atoms with Crippen LogP contribution in [0.4, 0.5) is 26.3 Å². The van der Waals surface area contributed by atoms with Crippen LogP contribution in [0.5, 0.6) is 0 Å². The predicted octanol–water partition coefficient (Wildman–Crippen LogP) is 7.42. The molecule has 2 aromatic carbocycles. The zero-order valence-corrected chi connectivity index (χ0v) is 21.2. The number of carbonyl (C=O) groups excluding carboxylic acids is 2. The lowest BCUT2D eigenvalue weighted by atomic mass is 9.96. The first-order chi connectivity index (χ1) is 17.1. The highest BCUT2D eigenvalue weighted by atomic mass is 35.5. The van der Waals surface area contributed by atoms with Gasteiger partial charge in [-0.1, -0.05) is 53.0 Å². The molecule has 2 amide bonds. The SMILES string of the molecule is CCNC(=O)C1(NC(=O)c2ccc(C=CC(c3cc(Cl)c(Cl)c(Cl)c3)C(F)(F)F)cc2C(F)(F)F)CC1. The van der Waals surface area contributed by atoms with E-state index in [9.17, 15) is 35.9 Å². The maximum Gasteiger partial charge on any atom is 0.417 e. The van der Waals surface area contributed by atoms with E-state index in [1.165, 1.54) is 0 Å². The quantitative estimate of drug-likeness (QED) is 0.262. The third-order valence-electron chi connectivity index (χ3n) is 5.67. The molecule has 0 radical (unpaired) electrons. The molecule has 13 heteroatoms. The van der Waals surface area contributed by atoms with Gasteiger partial charge >= 0.3 is 12.4 Å². The zero-order chi connectivity index (χ0) is 27.8. The highest BCUT2D eigenvalue weighted by molar-refractivity contribution is 6.48. The molecule has 1 atom stereocenters. The average molecular weight is 588 g/mol. The van der Waals surface area contributed by atoms with Crippen LogP contribution in [0.25, 0.3) is 6.08 Å². The minimum atomic E-state index is -5.00. The van der Waals surface area contributed by atoms with Crippen molar-refractivity contribution < 1.29 is 35.9 Å². The van der Waals surface area contributed by atoms with Crippen molar-refractivity contribution in [2.75, 3.05) is 6.54 Å². The van der Waals surface area contributed by atoms with Crippen LogP contribution < -0.4 is 10.6 Å². The Morgan fingerprint density at radius 1 is 1.03 bits per heavy atom. The molecule has 0 saturated heterocycles. The lowest BCUT2D eigenvalue weighted by molar-refractivity contribution is -0.139. The van der Waals surface area contributed by atoms with E-state index in [0.29, 0.717) is 12.1 Å². The standard InChI is InChI=1S/C24H19Cl3F6N2O2/c1-2-34-21(37)22(7-8-22)35-20(36)14-5-3-12(9-16(14)24(31,32)33)4-6-15(23(28,29)30)13-10-17(25)19(27)18(26)11-13/h3-6,9-11,15H,2,7-8H2,1H3,(H,34,37)(H,35,36). The van der Waals surface area contributed by atoms with Crippen LogP contribution in [0.2, 0.25) is 15.1 Å². The summed E-state index contributed by atoms with van der Waals surface area (Å²) in [4.78, 5) is 24.8. The number of likely N-dealkylation sites (N-methyl/N-ethyl adjacent to an activating group) is 1. The molecule has 200 valence electrons. The fourth-order valence-corrected chi connectivity index (χ4v) is 4.23. The van der Waals surface area contributed by atoms with Crippen molar-refractivity contribution in [3.63, 3.8) is 0 Å². The topological polar surface area (TPSA) is 58.2 Å². The van der Waals surface area contributed by atoms with Crippen LogP contribution in [-0.2, 0) is 11.0 Å². The minimum Gasteiger partial charge on any atom is -0.354 e. The van der Waals surface area contributed by atoms with E-state index in [4.69, 9.17) is 34.8 Å². The average Bonchev–Trinajstić information content (AvgIpc) is 3.56. The molecular formula is C24H19Cl3F6N2O2. The zero-order valence-electron chi connectivity index (χ0n) is 19.0. The Balaban J connectivity index is 1.95. The fraction of sp³-hybridized carbons (Fsp3) is 0.333. The van der Waals surface area contributed by atoms with Crippen LogP contribution in [0.1, 0.15) is 52.7 Å². The number of hydrogen-bond donors (Lipinski definition) is 2. The molecule has 0 bridgehead atoms. The van der Waals surface area contributed by atoms with E-state index in [2.05, 4.69) is 10.6 Å². The highest BCUT2D eigenvalue weighted by Gasteiger charge is 2.51. The van der Waals surface area contributed by atoms with Crippen molar-refractivity contribution in [1.82, 2.24) is 10.6 Å². The number of hydrogen-bond acceptors (Lipinski definition) is 2. The molecule has 3 rings (SSSR count). The molecule has 2 aromatic rings. The van der Waals surface area contributed by atoms with Crippen LogP contribution in [0.3, 0.4) is 0 Å². The summed E-state index contributed by atoms with van der Waals surface area (Å²) in [5, 5.41) is 4.30. The first-order valence-corrected chi connectivity index (χ1v) is 11.9. The van der Waals surface area contributed by atoms with Gasteiger partial charge in [0.1, 0.15) is 5.54 Å². The second-order valence-electron chi connectivity index (χ2n) is 8.38. The summed E-state index contributed by atoms with van der Waals surface area (Å²) in [6, 6.07) is 4.42. The summed E-state index contributed by atoms with van der Waals surface area (Å²) < 4.78 is 82.6. The molecule has 1 aliphatic carbocycles. The van der Waals surface area contributed by atoms with Gasteiger partial charge in [-0.05, 0) is 55.2 Å². The molecule has 37 heavy (non-hydrogen) atoms. The second-order valence-corrected chi connectivity index (χ2v) is 9.57. The van der Waals surface area contributed by atoms with Crippen molar-refractivity contribution in [2.45, 2.75) is 43.6 Å². The Morgan fingerprint density at radius 3 is 2.11 bits per heavy atom. The van der Waals surface area contributed by atoms with Crippen molar-refractivity contribution >= 4 is 52.7 Å². The number of alkyl halides is 6. The van der Waals surface area contributed by atoms with Crippen LogP contribution in [0.15, 0.2) is 36.4 Å². The predicted molar refractivity (Wildman–Crippen MR) is 129 cm³/mol. The molecule has 1 fully saturated rings. The van der Waals surface area contributed by atoms with Gasteiger partial charge in [0.05, 0.1) is 32.1 Å². The first-order valence-electron chi connectivity index (χ1n) is 10.8. The molecular weight excluding hydrogens is 569 g/mol. The van der Waals surface area contributed by atoms with Crippen LogP contribution >= 0.6 is 34.8 Å². The molecule has 0 aliphatic heterocycles. The summed E-state index contributed by atoms with van der Waals surface area (Å²) in [6.45, 7) is 1.93. The van der Waals surface area contributed by atoms with Crippen molar-refractivity contribution in [1.29, 1.82) is 0 Å². The number of benzene rings is 2. The van der Waals surface area contributed by atoms with Gasteiger partial charge in [-0.15, -0.1) is 0 Å². The normalized spacial score (nSPS) is 15.9. The molecule has 1 saturated carbocycles. The molecule has 1 unspecified atom stereocenters. The van der Waals surface area contributed by atoms with Gasteiger partial charge in [0, 0.05) is 6.54 Å². The van der Waals surface area contributed by atoms with Crippen LogP contribution in [-0.4, -0.2) is 30.1 Å². The minimum absolute atomic E-state index is 0.138. The number of carbonyl (C=O) groups is 2. The number of halogens is 9. The lowest BCUT2D eigenvalue weighted by Gasteiger charge is -2.20. The van der Waals surface area contributed by atoms with E-state index < -0.39 is 46.8 Å². The third-order valence-corrected chi connectivity index (χ3v) is 6.86. The van der Waals surface area contributed by atoms with E-state index in [1.54, 1.807) is 6.92 Å². The Kier molecular flexibility index (Phi) is 8.46. The lowest BCUT2D eigenvalue weighted by Crippen LogP contribution is -2.49. The summed E-state index contributed by atoms with van der Waals surface area (Å²) in [5.41, 5.74) is -4.01. The van der Waals surface area contributed by atoms with Gasteiger partial charge in [0.25, 0.3) is 5.91 Å². The van der Waals surface area contributed by atoms with Crippen LogP contribution in [0, 0.1) is 0 Å². The van der Waals surface area contributed by atoms with E-state index in [-0.39, 0.29) is 45.6 Å².